The van der Waals surface area contributed by atoms with Gasteiger partial charge in [-0.25, -0.2) is 14.4 Å². The molecule has 1 aliphatic rings. The average Bonchev–Trinajstić information content (AvgIpc) is 3.41. The van der Waals surface area contributed by atoms with Gasteiger partial charge in [0.05, 0.1) is 5.69 Å². The van der Waals surface area contributed by atoms with Crippen molar-refractivity contribution >= 4 is 27.8 Å². The number of fused-ring (bicyclic) bond motifs is 1. The molecule has 132 valence electrons. The Morgan fingerprint density at radius 2 is 1.81 bits per heavy atom. The summed E-state index contributed by atoms with van der Waals surface area (Å²) in [6, 6.07) is 19.7. The van der Waals surface area contributed by atoms with Crippen molar-refractivity contribution in [2.45, 2.75) is 18.3 Å². The van der Waals surface area contributed by atoms with Gasteiger partial charge in [-0.2, -0.15) is 0 Å². The molecule has 0 atom stereocenters. The van der Waals surface area contributed by atoms with E-state index in [2.05, 4.69) is 41.9 Å². The van der Waals surface area contributed by atoms with Crippen molar-refractivity contribution in [1.82, 2.24) is 9.97 Å². The van der Waals surface area contributed by atoms with Crippen LogP contribution in [0.25, 0.3) is 27.0 Å². The highest BCUT2D eigenvalue weighted by Crippen LogP contribution is 2.53. The van der Waals surface area contributed by atoms with Crippen molar-refractivity contribution in [2.75, 3.05) is 0 Å². The molecule has 1 fully saturated rings. The van der Waals surface area contributed by atoms with Crippen molar-refractivity contribution in [3.8, 4) is 10.6 Å². The van der Waals surface area contributed by atoms with Gasteiger partial charge in [-0.05, 0) is 48.2 Å². The summed E-state index contributed by atoms with van der Waals surface area (Å²) in [6.07, 6.45) is 3.86. The minimum atomic E-state index is -0.283. The van der Waals surface area contributed by atoms with Gasteiger partial charge >= 0.3 is 0 Å². The number of thiazole rings is 1. The van der Waals surface area contributed by atoms with Crippen LogP contribution in [0.15, 0.2) is 67.2 Å². The van der Waals surface area contributed by atoms with Crippen LogP contribution in [0.1, 0.15) is 29.7 Å². The predicted octanol–water partition coefficient (Wildman–Crippen LogP) is 6.22. The summed E-state index contributed by atoms with van der Waals surface area (Å²) >= 11 is 1.44. The maximum atomic E-state index is 14.4. The number of benzene rings is 2. The average molecular weight is 372 g/mol. The third-order valence-corrected chi connectivity index (χ3v) is 6.28. The fourth-order valence-electron chi connectivity index (χ4n) is 3.61. The van der Waals surface area contributed by atoms with Crippen molar-refractivity contribution < 1.29 is 4.39 Å². The Balaban J connectivity index is 1.57. The van der Waals surface area contributed by atoms with Crippen molar-refractivity contribution in [3.63, 3.8) is 0 Å². The molecule has 0 saturated heterocycles. The molecule has 2 aromatic carbocycles. The summed E-state index contributed by atoms with van der Waals surface area (Å²) in [5.41, 5.74) is 4.50. The van der Waals surface area contributed by atoms with Gasteiger partial charge in [-0.15, -0.1) is 0 Å². The largest absolute Gasteiger partial charge is 0.239 e. The molecule has 4 heteroatoms. The molecule has 4 aromatic rings. The zero-order chi connectivity index (χ0) is 18.4. The fourth-order valence-corrected chi connectivity index (χ4v) is 4.57. The fraction of sp³-hybridized carbons (Fsp3) is 0.130. The van der Waals surface area contributed by atoms with E-state index in [1.54, 1.807) is 12.1 Å². The molecule has 1 saturated carbocycles. The summed E-state index contributed by atoms with van der Waals surface area (Å²) in [7, 11) is 0. The van der Waals surface area contributed by atoms with Crippen LogP contribution in [-0.2, 0) is 5.41 Å². The monoisotopic (exact) mass is 372 g/mol. The number of halogens is 1. The van der Waals surface area contributed by atoms with Crippen molar-refractivity contribution in [1.29, 1.82) is 0 Å². The van der Waals surface area contributed by atoms with E-state index >= 15 is 0 Å². The summed E-state index contributed by atoms with van der Waals surface area (Å²) in [6.45, 7) is 3.68. The lowest BCUT2D eigenvalue weighted by Gasteiger charge is -2.14. The minimum Gasteiger partial charge on any atom is -0.239 e. The normalized spacial score (nSPS) is 15.0. The van der Waals surface area contributed by atoms with Crippen LogP contribution in [0.3, 0.4) is 0 Å². The van der Waals surface area contributed by atoms with E-state index in [9.17, 15) is 4.39 Å². The van der Waals surface area contributed by atoms with E-state index in [-0.39, 0.29) is 11.2 Å². The van der Waals surface area contributed by atoms with Crippen LogP contribution in [0, 0.1) is 5.82 Å². The summed E-state index contributed by atoms with van der Waals surface area (Å²) < 4.78 is 14.4. The van der Waals surface area contributed by atoms with Gasteiger partial charge in [0.1, 0.15) is 21.2 Å². The number of hydrogen-bond donors (Lipinski definition) is 0. The Morgan fingerprint density at radius 1 is 1.00 bits per heavy atom. The van der Waals surface area contributed by atoms with Crippen LogP contribution in [0.4, 0.5) is 4.39 Å². The third-order valence-electron chi connectivity index (χ3n) is 5.28. The SMILES string of the molecule is C=Cc1ccc(-c2nc3ccc(C4(c5ccccc5)CC4)nc3s2)c(F)c1. The topological polar surface area (TPSA) is 25.8 Å². The number of hydrogen-bond acceptors (Lipinski definition) is 3. The molecule has 0 amide bonds. The van der Waals surface area contributed by atoms with Crippen molar-refractivity contribution in [2.24, 2.45) is 0 Å². The molecular weight excluding hydrogens is 355 g/mol. The zero-order valence-electron chi connectivity index (χ0n) is 14.7. The Labute approximate surface area is 161 Å². The van der Waals surface area contributed by atoms with Crippen molar-refractivity contribution in [3.05, 3.63) is 89.9 Å². The van der Waals surface area contributed by atoms with E-state index in [4.69, 9.17) is 4.98 Å². The molecule has 0 unspecified atom stereocenters. The van der Waals surface area contributed by atoms with E-state index in [1.807, 2.05) is 18.2 Å². The molecule has 0 aliphatic heterocycles. The van der Waals surface area contributed by atoms with Crippen LogP contribution >= 0.6 is 11.3 Å². The summed E-state index contributed by atoms with van der Waals surface area (Å²) in [5.74, 6) is -0.283. The first-order valence-corrected chi connectivity index (χ1v) is 9.77. The lowest BCUT2D eigenvalue weighted by molar-refractivity contribution is 0.631. The highest BCUT2D eigenvalue weighted by Gasteiger charge is 2.47. The number of rotatable bonds is 4. The Kier molecular flexibility index (Phi) is 3.69. The molecule has 2 heterocycles. The second-order valence-corrected chi connectivity index (χ2v) is 7.91. The highest BCUT2D eigenvalue weighted by atomic mass is 32.1. The summed E-state index contributed by atoms with van der Waals surface area (Å²) in [4.78, 5) is 10.4. The standard InChI is InChI=1S/C23H17FN2S/c1-2-15-8-9-17(18(24)14-15)21-25-19-10-11-20(26-22(19)27-21)23(12-13-23)16-6-4-3-5-7-16/h2-11,14H,1,12-13H2. The first-order valence-electron chi connectivity index (χ1n) is 8.96. The lowest BCUT2D eigenvalue weighted by atomic mass is 9.92. The second-order valence-electron chi connectivity index (χ2n) is 6.93. The maximum absolute atomic E-state index is 14.4. The van der Waals surface area contributed by atoms with Crippen LogP contribution < -0.4 is 0 Å². The number of nitrogens with zero attached hydrogens (tertiary/aromatic N) is 2. The van der Waals surface area contributed by atoms with Gasteiger partial charge < -0.3 is 0 Å². The van der Waals surface area contributed by atoms with E-state index < -0.39 is 0 Å². The number of aromatic nitrogens is 2. The molecule has 1 aliphatic carbocycles. The molecule has 0 N–H and O–H groups in total. The zero-order valence-corrected chi connectivity index (χ0v) is 15.5. The van der Waals surface area contributed by atoms with Gasteiger partial charge in [0.2, 0.25) is 0 Å². The molecule has 27 heavy (non-hydrogen) atoms. The third kappa shape index (κ3) is 2.68. The first kappa shape index (κ1) is 16.3. The van der Waals surface area contributed by atoms with E-state index in [1.165, 1.54) is 23.0 Å². The maximum Gasteiger partial charge on any atom is 0.144 e. The predicted molar refractivity (Wildman–Crippen MR) is 109 cm³/mol. The minimum absolute atomic E-state index is 0.0243. The molecule has 0 spiro atoms. The van der Waals surface area contributed by atoms with Crippen LogP contribution in [0.2, 0.25) is 0 Å². The second kappa shape index (κ2) is 6.10. The molecular formula is C23H17FN2S. The Bertz CT molecular complexity index is 1160. The van der Waals surface area contributed by atoms with E-state index in [0.29, 0.717) is 10.6 Å². The Morgan fingerprint density at radius 3 is 2.52 bits per heavy atom. The van der Waals surface area contributed by atoms with Crippen LogP contribution in [0.5, 0.6) is 0 Å². The lowest BCUT2D eigenvalue weighted by Crippen LogP contribution is -2.10. The van der Waals surface area contributed by atoms with Gasteiger partial charge in [-0.3, -0.25) is 0 Å². The van der Waals surface area contributed by atoms with E-state index in [0.717, 1.165) is 34.4 Å². The summed E-state index contributed by atoms with van der Waals surface area (Å²) in [5, 5.41) is 0.660. The molecule has 5 rings (SSSR count). The highest BCUT2D eigenvalue weighted by molar-refractivity contribution is 7.21. The van der Waals surface area contributed by atoms with Crippen LogP contribution in [-0.4, -0.2) is 9.97 Å². The smallest absolute Gasteiger partial charge is 0.144 e. The Hall–Kier alpha value is -2.85. The van der Waals surface area contributed by atoms with Gasteiger partial charge in [-0.1, -0.05) is 60.4 Å². The quantitative estimate of drug-likeness (QED) is 0.425. The van der Waals surface area contributed by atoms with Gasteiger partial charge in [0.15, 0.2) is 0 Å². The molecule has 2 nitrogen and oxygen atoms in total. The van der Waals surface area contributed by atoms with Gasteiger partial charge in [0.25, 0.3) is 0 Å². The number of pyridine rings is 1. The molecule has 2 aromatic heterocycles. The first-order chi connectivity index (χ1) is 13.2. The molecule has 0 bridgehead atoms. The molecule has 0 radical (unpaired) electrons. The van der Waals surface area contributed by atoms with Gasteiger partial charge in [0, 0.05) is 11.0 Å².